The molecule has 14 heteroatoms. The molecule has 1 saturated heterocycles. The zero-order valence-electron chi connectivity index (χ0n) is 22.8. The van der Waals surface area contributed by atoms with E-state index in [2.05, 4.69) is 53.2 Å². The second kappa shape index (κ2) is 13.3. The van der Waals surface area contributed by atoms with Crippen molar-refractivity contribution in [1.29, 1.82) is 0 Å². The average molecular weight is 608 g/mol. The number of ether oxygens (including phenoxy) is 1. The molecular formula is C28H30FN9O2S2. The van der Waals surface area contributed by atoms with Gasteiger partial charge in [-0.15, -0.1) is 22.7 Å². The van der Waals surface area contributed by atoms with Gasteiger partial charge in [0.25, 0.3) is 0 Å². The maximum atomic E-state index is 12.9. The highest BCUT2D eigenvalue weighted by molar-refractivity contribution is 7.22. The Morgan fingerprint density at radius 3 is 2.83 bits per heavy atom. The number of hydrogen-bond acceptors (Lipinski definition) is 10. The molecule has 3 N–H and O–H groups in total. The van der Waals surface area contributed by atoms with Crippen LogP contribution < -0.4 is 16.0 Å². The summed E-state index contributed by atoms with van der Waals surface area (Å²) < 4.78 is 21.3. The van der Waals surface area contributed by atoms with Crippen LogP contribution in [-0.4, -0.2) is 75.1 Å². The zero-order valence-corrected chi connectivity index (χ0v) is 24.4. The van der Waals surface area contributed by atoms with Crippen LogP contribution in [0.4, 0.5) is 25.8 Å². The van der Waals surface area contributed by atoms with Gasteiger partial charge >= 0.3 is 6.03 Å². The molecule has 1 aliphatic rings. The smallest absolute Gasteiger partial charge is 0.325 e. The summed E-state index contributed by atoms with van der Waals surface area (Å²) in [6.45, 7) is 5.38. The minimum Gasteiger partial charge on any atom is -0.379 e. The van der Waals surface area contributed by atoms with Crippen molar-refractivity contribution in [1.82, 2.24) is 29.6 Å². The highest BCUT2D eigenvalue weighted by Crippen LogP contribution is 2.35. The lowest BCUT2D eigenvalue weighted by atomic mass is 10.2. The number of halogens is 1. The van der Waals surface area contributed by atoms with Crippen molar-refractivity contribution < 1.29 is 13.9 Å². The first-order valence-electron chi connectivity index (χ1n) is 13.6. The molecule has 2 amide bonds. The Labute approximate surface area is 249 Å². The number of nitrogens with one attached hydrogen (secondary N) is 3. The molecule has 0 saturated carbocycles. The van der Waals surface area contributed by atoms with E-state index in [0.29, 0.717) is 29.3 Å². The van der Waals surface area contributed by atoms with Gasteiger partial charge in [0.05, 0.1) is 36.2 Å². The van der Waals surface area contributed by atoms with E-state index in [1.807, 2.05) is 10.9 Å². The van der Waals surface area contributed by atoms with Gasteiger partial charge in [0.2, 0.25) is 0 Å². The van der Waals surface area contributed by atoms with Crippen LogP contribution in [0, 0.1) is 0 Å². The summed E-state index contributed by atoms with van der Waals surface area (Å²) in [4.78, 5) is 30.1. The van der Waals surface area contributed by atoms with Crippen LogP contribution >= 0.6 is 22.7 Å². The lowest BCUT2D eigenvalue weighted by molar-refractivity contribution is 0.0360. The molecule has 1 aromatic carbocycles. The summed E-state index contributed by atoms with van der Waals surface area (Å²) in [7, 11) is 0. The van der Waals surface area contributed by atoms with Crippen molar-refractivity contribution in [3.63, 3.8) is 0 Å². The number of carbonyl (C=O) groups is 1. The topological polar surface area (TPSA) is 122 Å². The number of benzene rings is 1. The van der Waals surface area contributed by atoms with Gasteiger partial charge in [-0.2, -0.15) is 5.10 Å². The van der Waals surface area contributed by atoms with Gasteiger partial charge in [0, 0.05) is 66.0 Å². The third kappa shape index (κ3) is 7.07. The second-order valence-electron chi connectivity index (χ2n) is 9.72. The van der Waals surface area contributed by atoms with Crippen LogP contribution in [0.25, 0.3) is 20.7 Å². The minimum atomic E-state index is -0.586. The number of rotatable bonds is 11. The summed E-state index contributed by atoms with van der Waals surface area (Å²) in [5.41, 5.74) is 2.98. The Morgan fingerprint density at radius 1 is 1.05 bits per heavy atom. The third-order valence-corrected chi connectivity index (χ3v) is 8.91. The lowest BCUT2D eigenvalue weighted by Gasteiger charge is -2.26. The molecule has 4 aromatic heterocycles. The van der Waals surface area contributed by atoms with Crippen molar-refractivity contribution in [3.8, 4) is 10.4 Å². The largest absolute Gasteiger partial charge is 0.379 e. The van der Waals surface area contributed by atoms with E-state index in [-0.39, 0.29) is 0 Å². The molecule has 0 spiro atoms. The molecule has 0 atom stereocenters. The fourth-order valence-corrected chi connectivity index (χ4v) is 6.44. The molecule has 6 rings (SSSR count). The van der Waals surface area contributed by atoms with E-state index < -0.39 is 12.7 Å². The van der Waals surface area contributed by atoms with Gasteiger partial charge < -0.3 is 15.4 Å². The van der Waals surface area contributed by atoms with E-state index >= 15 is 0 Å². The number of thiophene rings is 1. The first-order chi connectivity index (χ1) is 20.6. The first-order valence-corrected chi connectivity index (χ1v) is 15.3. The average Bonchev–Trinajstić information content (AvgIpc) is 3.77. The van der Waals surface area contributed by atoms with E-state index in [9.17, 15) is 9.18 Å². The van der Waals surface area contributed by atoms with E-state index in [1.165, 1.54) is 11.3 Å². The van der Waals surface area contributed by atoms with Crippen molar-refractivity contribution in [3.05, 3.63) is 65.7 Å². The first kappa shape index (κ1) is 28.2. The molecule has 0 unspecified atom stereocenters. The summed E-state index contributed by atoms with van der Waals surface area (Å²) >= 11 is 3.05. The number of anilines is 3. The number of fused-ring (bicyclic) bond motifs is 1. The quantitative estimate of drug-likeness (QED) is 0.189. The number of amides is 2. The fraction of sp³-hybridized carbons (Fsp3) is 0.321. The SMILES string of the molecule is O=C(Nc1cccc(CF)c1)Nc1ncc(CCNc2ncnc3cc(-c4cnn(CCN5CCOCC5)c4)sc23)s1. The summed E-state index contributed by atoms with van der Waals surface area (Å²) in [6, 6.07) is 8.32. The van der Waals surface area contributed by atoms with Crippen molar-refractivity contribution >= 4 is 55.6 Å². The molecule has 5 heterocycles. The third-order valence-electron chi connectivity index (χ3n) is 6.76. The van der Waals surface area contributed by atoms with Crippen molar-refractivity contribution in [2.24, 2.45) is 0 Å². The highest BCUT2D eigenvalue weighted by Gasteiger charge is 2.14. The predicted molar refractivity (Wildman–Crippen MR) is 164 cm³/mol. The standard InChI is InChI=1S/C28H30FN9O2S2/c29-14-19-2-1-3-21(12-19)35-27(39)36-28-31-16-22(41-28)4-5-30-26-25-23(32-18-33-26)13-24(42-25)20-15-34-38(17-20)7-6-37-8-10-40-11-9-37/h1-3,12-13,15-18H,4-11,14H2,(H,30,32,33)(H2,31,35,36,39). The Kier molecular flexibility index (Phi) is 8.94. The molecule has 5 aromatic rings. The van der Waals surface area contributed by atoms with Gasteiger partial charge in [0.1, 0.15) is 18.8 Å². The lowest BCUT2D eigenvalue weighted by Crippen LogP contribution is -2.38. The normalized spacial score (nSPS) is 13.8. The van der Waals surface area contributed by atoms with Crippen molar-refractivity contribution in [2.45, 2.75) is 19.6 Å². The minimum absolute atomic E-state index is 0.426. The molecule has 1 fully saturated rings. The van der Waals surface area contributed by atoms with Crippen LogP contribution in [0.3, 0.4) is 0 Å². The van der Waals surface area contributed by atoms with Crippen LogP contribution in [0.5, 0.6) is 0 Å². The Morgan fingerprint density at radius 2 is 1.95 bits per heavy atom. The number of aromatic nitrogens is 5. The van der Waals surface area contributed by atoms with E-state index in [4.69, 9.17) is 4.74 Å². The van der Waals surface area contributed by atoms with E-state index in [1.54, 1.807) is 48.1 Å². The maximum absolute atomic E-state index is 12.9. The summed E-state index contributed by atoms with van der Waals surface area (Å²) in [6.07, 6.45) is 8.02. The second-order valence-corrected chi connectivity index (χ2v) is 11.9. The molecule has 0 bridgehead atoms. The number of alkyl halides is 1. The van der Waals surface area contributed by atoms with Gasteiger partial charge in [-0.25, -0.2) is 24.1 Å². The molecular weight excluding hydrogens is 578 g/mol. The van der Waals surface area contributed by atoms with Gasteiger partial charge in [-0.05, 0) is 23.8 Å². The van der Waals surface area contributed by atoms with Crippen LogP contribution in [-0.2, 0) is 24.4 Å². The summed E-state index contributed by atoms with van der Waals surface area (Å²) in [5.74, 6) is 0.786. The van der Waals surface area contributed by atoms with Crippen LogP contribution in [0.15, 0.2) is 55.2 Å². The molecule has 42 heavy (non-hydrogen) atoms. The van der Waals surface area contributed by atoms with Crippen LogP contribution in [0.2, 0.25) is 0 Å². The number of thiazole rings is 1. The molecule has 0 aliphatic carbocycles. The number of carbonyl (C=O) groups excluding carboxylic acids is 1. The predicted octanol–water partition coefficient (Wildman–Crippen LogP) is 5.11. The monoisotopic (exact) mass is 607 g/mol. The number of urea groups is 1. The van der Waals surface area contributed by atoms with Gasteiger partial charge in [-0.3, -0.25) is 14.9 Å². The molecule has 11 nitrogen and oxygen atoms in total. The Balaban J connectivity index is 1.02. The highest BCUT2D eigenvalue weighted by atomic mass is 32.1. The fourth-order valence-electron chi connectivity index (χ4n) is 4.58. The maximum Gasteiger partial charge on any atom is 0.325 e. The van der Waals surface area contributed by atoms with Gasteiger partial charge in [0.15, 0.2) is 5.13 Å². The Bertz CT molecular complexity index is 1650. The van der Waals surface area contributed by atoms with E-state index in [0.717, 1.165) is 70.7 Å². The molecule has 1 aliphatic heterocycles. The van der Waals surface area contributed by atoms with Crippen LogP contribution in [0.1, 0.15) is 10.4 Å². The number of hydrogen-bond donors (Lipinski definition) is 3. The zero-order chi connectivity index (χ0) is 28.7. The number of nitrogens with zero attached hydrogens (tertiary/aromatic N) is 6. The number of morpholine rings is 1. The van der Waals surface area contributed by atoms with Gasteiger partial charge in [-0.1, -0.05) is 12.1 Å². The summed E-state index contributed by atoms with van der Waals surface area (Å²) in [5, 5.41) is 13.9. The molecule has 0 radical (unpaired) electrons. The van der Waals surface area contributed by atoms with Crippen molar-refractivity contribution in [2.75, 3.05) is 55.3 Å². The molecule has 218 valence electrons. The Hall–Kier alpha value is -3.98.